The number of hydrogen-bond donors (Lipinski definition) is 1. The predicted molar refractivity (Wildman–Crippen MR) is 60.9 cm³/mol. The fraction of sp³-hybridized carbons (Fsp3) is 1.00. The van der Waals surface area contributed by atoms with Gasteiger partial charge < -0.3 is 5.32 Å². The van der Waals surface area contributed by atoms with Gasteiger partial charge in [0.25, 0.3) is 0 Å². The van der Waals surface area contributed by atoms with Crippen LogP contribution >= 0.6 is 0 Å². The summed E-state index contributed by atoms with van der Waals surface area (Å²) in [5.74, 6) is 2.31. The van der Waals surface area contributed by atoms with E-state index in [0.717, 1.165) is 24.3 Å². The Balaban J connectivity index is 3.81. The lowest BCUT2D eigenvalue weighted by Gasteiger charge is -2.25. The molecular weight excluding hydrogens is 158 g/mol. The second-order valence-electron chi connectivity index (χ2n) is 5.28. The molecule has 80 valence electrons. The van der Waals surface area contributed by atoms with E-state index in [0.29, 0.717) is 6.04 Å². The first-order valence-corrected chi connectivity index (χ1v) is 5.66. The van der Waals surface area contributed by atoms with Gasteiger partial charge in [-0.15, -0.1) is 0 Å². The molecule has 0 aromatic heterocycles. The van der Waals surface area contributed by atoms with Crippen LogP contribution in [-0.4, -0.2) is 12.6 Å². The molecule has 0 bridgehead atoms. The van der Waals surface area contributed by atoms with Crippen molar-refractivity contribution in [1.82, 2.24) is 5.32 Å². The fourth-order valence-corrected chi connectivity index (χ4v) is 1.49. The first kappa shape index (κ1) is 13.0. The van der Waals surface area contributed by atoms with Gasteiger partial charge in [0.2, 0.25) is 0 Å². The lowest BCUT2D eigenvalue weighted by atomic mass is 9.94. The normalized spacial score (nSPS) is 14.5. The van der Waals surface area contributed by atoms with E-state index >= 15 is 0 Å². The molecule has 0 saturated carbocycles. The zero-order valence-corrected chi connectivity index (χ0v) is 10.2. The lowest BCUT2D eigenvalue weighted by Crippen LogP contribution is -2.37. The van der Waals surface area contributed by atoms with Gasteiger partial charge >= 0.3 is 0 Å². The summed E-state index contributed by atoms with van der Waals surface area (Å²) in [6.07, 6.45) is 1.30. The summed E-state index contributed by atoms with van der Waals surface area (Å²) in [6, 6.07) is 0.697. The van der Waals surface area contributed by atoms with Crippen molar-refractivity contribution in [2.75, 3.05) is 6.54 Å². The van der Waals surface area contributed by atoms with Gasteiger partial charge in [-0.3, -0.25) is 0 Å². The largest absolute Gasteiger partial charge is 0.313 e. The summed E-state index contributed by atoms with van der Waals surface area (Å²) in [5, 5.41) is 3.65. The highest BCUT2D eigenvalue weighted by Crippen LogP contribution is 2.12. The van der Waals surface area contributed by atoms with Gasteiger partial charge in [-0.25, -0.2) is 0 Å². The summed E-state index contributed by atoms with van der Waals surface area (Å²) in [6.45, 7) is 14.9. The average Bonchev–Trinajstić information content (AvgIpc) is 1.96. The van der Waals surface area contributed by atoms with E-state index in [9.17, 15) is 0 Å². The topological polar surface area (TPSA) is 12.0 Å². The molecule has 0 aromatic rings. The average molecular weight is 185 g/mol. The molecule has 0 rings (SSSR count). The highest BCUT2D eigenvalue weighted by Gasteiger charge is 2.14. The molecule has 0 heterocycles. The SMILES string of the molecule is CC(C)CNC(CC(C)C)C(C)C. The third-order valence-electron chi connectivity index (χ3n) is 2.32. The van der Waals surface area contributed by atoms with Crippen LogP contribution in [0.15, 0.2) is 0 Å². The standard InChI is InChI=1S/C12H27N/c1-9(2)7-12(11(5)6)13-8-10(3)4/h9-13H,7-8H2,1-6H3. The molecule has 1 unspecified atom stereocenters. The Morgan fingerprint density at radius 3 is 1.69 bits per heavy atom. The van der Waals surface area contributed by atoms with Gasteiger partial charge in [0.1, 0.15) is 0 Å². The Morgan fingerprint density at radius 1 is 0.846 bits per heavy atom. The van der Waals surface area contributed by atoms with Gasteiger partial charge in [0, 0.05) is 6.04 Å². The first-order valence-electron chi connectivity index (χ1n) is 5.66. The van der Waals surface area contributed by atoms with E-state index in [1.807, 2.05) is 0 Å². The van der Waals surface area contributed by atoms with Crippen LogP contribution < -0.4 is 5.32 Å². The molecule has 0 radical (unpaired) electrons. The Hall–Kier alpha value is -0.0400. The van der Waals surface area contributed by atoms with Gasteiger partial charge in [0.05, 0.1) is 0 Å². The second-order valence-corrected chi connectivity index (χ2v) is 5.28. The van der Waals surface area contributed by atoms with Crippen molar-refractivity contribution in [2.24, 2.45) is 17.8 Å². The molecule has 0 amide bonds. The quantitative estimate of drug-likeness (QED) is 0.669. The maximum atomic E-state index is 3.65. The van der Waals surface area contributed by atoms with Crippen molar-refractivity contribution >= 4 is 0 Å². The Kier molecular flexibility index (Phi) is 6.40. The van der Waals surface area contributed by atoms with Crippen molar-refractivity contribution in [3.05, 3.63) is 0 Å². The minimum Gasteiger partial charge on any atom is -0.313 e. The second kappa shape index (κ2) is 6.42. The molecule has 0 saturated heterocycles. The van der Waals surface area contributed by atoms with Crippen LogP contribution in [0.5, 0.6) is 0 Å². The van der Waals surface area contributed by atoms with Gasteiger partial charge in [-0.05, 0) is 30.7 Å². The van der Waals surface area contributed by atoms with Crippen molar-refractivity contribution in [2.45, 2.75) is 54.0 Å². The number of rotatable bonds is 6. The summed E-state index contributed by atoms with van der Waals surface area (Å²) in [7, 11) is 0. The van der Waals surface area contributed by atoms with E-state index in [4.69, 9.17) is 0 Å². The van der Waals surface area contributed by atoms with E-state index in [1.165, 1.54) is 6.42 Å². The molecule has 13 heavy (non-hydrogen) atoms. The van der Waals surface area contributed by atoms with E-state index in [1.54, 1.807) is 0 Å². The summed E-state index contributed by atoms with van der Waals surface area (Å²) < 4.78 is 0. The van der Waals surface area contributed by atoms with E-state index in [2.05, 4.69) is 46.9 Å². The van der Waals surface area contributed by atoms with Crippen LogP contribution in [0.1, 0.15) is 48.0 Å². The minimum absolute atomic E-state index is 0.697. The highest BCUT2D eigenvalue weighted by atomic mass is 14.9. The zero-order chi connectivity index (χ0) is 10.4. The third kappa shape index (κ3) is 7.06. The molecule has 0 aliphatic rings. The van der Waals surface area contributed by atoms with Crippen LogP contribution in [0, 0.1) is 17.8 Å². The molecule has 0 aliphatic carbocycles. The summed E-state index contributed by atoms with van der Waals surface area (Å²) in [4.78, 5) is 0. The van der Waals surface area contributed by atoms with Crippen LogP contribution in [0.25, 0.3) is 0 Å². The van der Waals surface area contributed by atoms with Crippen molar-refractivity contribution < 1.29 is 0 Å². The third-order valence-corrected chi connectivity index (χ3v) is 2.32. The van der Waals surface area contributed by atoms with Crippen molar-refractivity contribution in [1.29, 1.82) is 0 Å². The maximum absolute atomic E-state index is 3.65. The van der Waals surface area contributed by atoms with Gasteiger partial charge in [-0.2, -0.15) is 0 Å². The fourth-order valence-electron chi connectivity index (χ4n) is 1.49. The number of hydrogen-bond acceptors (Lipinski definition) is 1. The molecular formula is C12H27N. The predicted octanol–water partition coefficient (Wildman–Crippen LogP) is 3.30. The van der Waals surface area contributed by atoms with Crippen LogP contribution in [0.4, 0.5) is 0 Å². The highest BCUT2D eigenvalue weighted by molar-refractivity contribution is 4.72. The van der Waals surface area contributed by atoms with Crippen LogP contribution in [0.3, 0.4) is 0 Å². The smallest absolute Gasteiger partial charge is 0.00926 e. The maximum Gasteiger partial charge on any atom is 0.00926 e. The van der Waals surface area contributed by atoms with Crippen LogP contribution in [0.2, 0.25) is 0 Å². The molecule has 0 fully saturated rings. The van der Waals surface area contributed by atoms with E-state index < -0.39 is 0 Å². The summed E-state index contributed by atoms with van der Waals surface area (Å²) >= 11 is 0. The molecule has 0 aromatic carbocycles. The van der Waals surface area contributed by atoms with E-state index in [-0.39, 0.29) is 0 Å². The Bertz CT molecular complexity index is 116. The minimum atomic E-state index is 0.697. The molecule has 1 nitrogen and oxygen atoms in total. The molecule has 1 heteroatoms. The first-order chi connectivity index (χ1) is 5.93. The number of nitrogens with one attached hydrogen (secondary N) is 1. The van der Waals surface area contributed by atoms with Crippen molar-refractivity contribution in [3.8, 4) is 0 Å². The van der Waals surface area contributed by atoms with Crippen molar-refractivity contribution in [3.63, 3.8) is 0 Å². The molecule has 0 aliphatic heterocycles. The van der Waals surface area contributed by atoms with Gasteiger partial charge in [0.15, 0.2) is 0 Å². The molecule has 1 N–H and O–H groups in total. The monoisotopic (exact) mass is 185 g/mol. The Morgan fingerprint density at radius 2 is 1.38 bits per heavy atom. The Labute approximate surface area is 84.3 Å². The zero-order valence-electron chi connectivity index (χ0n) is 10.2. The summed E-state index contributed by atoms with van der Waals surface area (Å²) in [5.41, 5.74) is 0. The molecule has 1 atom stereocenters. The lowest BCUT2D eigenvalue weighted by molar-refractivity contribution is 0.325. The van der Waals surface area contributed by atoms with Crippen LogP contribution in [-0.2, 0) is 0 Å². The molecule has 0 spiro atoms. The van der Waals surface area contributed by atoms with Gasteiger partial charge in [-0.1, -0.05) is 41.5 Å².